The third-order valence-corrected chi connectivity index (χ3v) is 4.56. The highest BCUT2D eigenvalue weighted by atomic mass is 16.5. The van der Waals surface area contributed by atoms with E-state index in [-0.39, 0.29) is 5.60 Å². The summed E-state index contributed by atoms with van der Waals surface area (Å²) in [5.41, 5.74) is 4.23. The molecule has 0 heterocycles. The van der Waals surface area contributed by atoms with Crippen molar-refractivity contribution in [2.75, 3.05) is 13.7 Å². The molecule has 20 heavy (non-hydrogen) atoms. The molecule has 0 aliphatic heterocycles. The van der Waals surface area contributed by atoms with Crippen molar-refractivity contribution >= 4 is 0 Å². The Bertz CT molecular complexity index is 411. The fourth-order valence-corrected chi connectivity index (χ4v) is 3.27. The topological polar surface area (TPSA) is 21.3 Å². The largest absolute Gasteiger partial charge is 0.378 e. The molecule has 0 radical (unpaired) electrons. The van der Waals surface area contributed by atoms with Gasteiger partial charge >= 0.3 is 0 Å². The Kier molecular flexibility index (Phi) is 5.22. The number of ether oxygens (including phenoxy) is 1. The highest BCUT2D eigenvalue weighted by Gasteiger charge is 2.39. The van der Waals surface area contributed by atoms with Crippen LogP contribution in [-0.4, -0.2) is 19.3 Å². The molecule has 1 aromatic carbocycles. The number of hydrogen-bond acceptors (Lipinski definition) is 2. The first kappa shape index (κ1) is 15.5. The number of benzene rings is 1. The van der Waals surface area contributed by atoms with E-state index >= 15 is 0 Å². The Morgan fingerprint density at radius 1 is 1.20 bits per heavy atom. The van der Waals surface area contributed by atoms with Gasteiger partial charge in [-0.25, -0.2) is 0 Å². The number of hydrogen-bond donors (Lipinski definition) is 1. The molecule has 2 heteroatoms. The number of rotatable bonds is 7. The summed E-state index contributed by atoms with van der Waals surface area (Å²) < 4.78 is 5.83. The summed E-state index contributed by atoms with van der Waals surface area (Å²) in [6.07, 6.45) is 5.98. The van der Waals surface area contributed by atoms with Crippen molar-refractivity contribution < 1.29 is 4.74 Å². The van der Waals surface area contributed by atoms with Crippen molar-refractivity contribution in [1.29, 1.82) is 0 Å². The number of methoxy groups -OCH3 is 1. The van der Waals surface area contributed by atoms with Gasteiger partial charge in [0.15, 0.2) is 0 Å². The molecule has 1 aliphatic rings. The van der Waals surface area contributed by atoms with E-state index in [1.54, 1.807) is 0 Å². The van der Waals surface area contributed by atoms with Gasteiger partial charge in [-0.15, -0.1) is 0 Å². The van der Waals surface area contributed by atoms with Crippen molar-refractivity contribution in [1.82, 2.24) is 5.32 Å². The SMILES string of the molecule is CCCNC(CC1(OC)CCC1)c1cc(C)cc(C)c1. The van der Waals surface area contributed by atoms with E-state index in [9.17, 15) is 0 Å². The van der Waals surface area contributed by atoms with Gasteiger partial charge in [-0.2, -0.15) is 0 Å². The van der Waals surface area contributed by atoms with Crippen LogP contribution in [0.3, 0.4) is 0 Å². The highest BCUT2D eigenvalue weighted by molar-refractivity contribution is 5.31. The van der Waals surface area contributed by atoms with Crippen LogP contribution in [0, 0.1) is 13.8 Å². The Morgan fingerprint density at radius 3 is 2.30 bits per heavy atom. The van der Waals surface area contributed by atoms with Crippen LogP contribution in [-0.2, 0) is 4.74 Å². The van der Waals surface area contributed by atoms with E-state index in [0.717, 1.165) is 13.0 Å². The second-order valence-electron chi connectivity index (χ2n) is 6.37. The Labute approximate surface area is 123 Å². The first-order valence-corrected chi connectivity index (χ1v) is 7.95. The molecule has 1 N–H and O–H groups in total. The quantitative estimate of drug-likeness (QED) is 0.801. The van der Waals surface area contributed by atoms with E-state index in [0.29, 0.717) is 6.04 Å². The van der Waals surface area contributed by atoms with Crippen molar-refractivity contribution in [2.45, 2.75) is 64.5 Å². The van der Waals surface area contributed by atoms with Gasteiger partial charge in [-0.3, -0.25) is 0 Å². The minimum absolute atomic E-state index is 0.114. The molecule has 2 rings (SSSR count). The first-order chi connectivity index (χ1) is 9.58. The van der Waals surface area contributed by atoms with Crippen molar-refractivity contribution in [3.05, 3.63) is 34.9 Å². The van der Waals surface area contributed by atoms with E-state index in [2.05, 4.69) is 44.3 Å². The fourth-order valence-electron chi connectivity index (χ4n) is 3.27. The van der Waals surface area contributed by atoms with E-state index < -0.39 is 0 Å². The van der Waals surface area contributed by atoms with Gasteiger partial charge in [-0.05, 0) is 58.1 Å². The molecule has 112 valence electrons. The molecule has 2 nitrogen and oxygen atoms in total. The molecule has 1 fully saturated rings. The minimum atomic E-state index is 0.114. The smallest absolute Gasteiger partial charge is 0.0697 e. The third-order valence-electron chi connectivity index (χ3n) is 4.56. The van der Waals surface area contributed by atoms with Crippen LogP contribution >= 0.6 is 0 Å². The molecule has 0 bridgehead atoms. The monoisotopic (exact) mass is 275 g/mol. The van der Waals surface area contributed by atoms with Crippen LogP contribution in [0.25, 0.3) is 0 Å². The Morgan fingerprint density at radius 2 is 1.85 bits per heavy atom. The maximum Gasteiger partial charge on any atom is 0.0697 e. The fraction of sp³-hybridized carbons (Fsp3) is 0.667. The molecule has 0 spiro atoms. The normalized spacial score (nSPS) is 18.6. The summed E-state index contributed by atoms with van der Waals surface area (Å²) in [6.45, 7) is 7.66. The van der Waals surface area contributed by atoms with Crippen molar-refractivity contribution in [2.24, 2.45) is 0 Å². The molecule has 1 aliphatic carbocycles. The lowest BCUT2D eigenvalue weighted by atomic mass is 9.74. The predicted octanol–water partition coefficient (Wildman–Crippen LogP) is 4.30. The highest BCUT2D eigenvalue weighted by Crippen LogP contribution is 2.42. The second kappa shape index (κ2) is 6.73. The van der Waals surface area contributed by atoms with E-state index in [1.807, 2.05) is 7.11 Å². The third kappa shape index (κ3) is 3.62. The summed E-state index contributed by atoms with van der Waals surface area (Å²) >= 11 is 0. The molecule has 0 amide bonds. The predicted molar refractivity (Wildman–Crippen MR) is 85.2 cm³/mol. The van der Waals surface area contributed by atoms with Crippen LogP contribution in [0.15, 0.2) is 18.2 Å². The molecular formula is C18H29NO. The zero-order chi connectivity index (χ0) is 14.6. The Hall–Kier alpha value is -0.860. The van der Waals surface area contributed by atoms with Crippen LogP contribution in [0.2, 0.25) is 0 Å². The summed E-state index contributed by atoms with van der Waals surface area (Å²) in [6, 6.07) is 7.30. The average Bonchev–Trinajstić information content (AvgIpc) is 2.36. The standard InChI is InChI=1S/C18H29NO/c1-5-9-19-17(13-18(20-4)7-6-8-18)16-11-14(2)10-15(3)12-16/h10-12,17,19H,5-9,13H2,1-4H3. The average molecular weight is 275 g/mol. The zero-order valence-corrected chi connectivity index (χ0v) is 13.5. The summed E-state index contributed by atoms with van der Waals surface area (Å²) in [5.74, 6) is 0. The molecular weight excluding hydrogens is 246 g/mol. The van der Waals surface area contributed by atoms with Crippen molar-refractivity contribution in [3.63, 3.8) is 0 Å². The van der Waals surface area contributed by atoms with Gasteiger partial charge in [0.2, 0.25) is 0 Å². The molecule has 1 aromatic rings. The summed E-state index contributed by atoms with van der Waals surface area (Å²) in [7, 11) is 1.87. The zero-order valence-electron chi connectivity index (χ0n) is 13.5. The molecule has 1 atom stereocenters. The first-order valence-electron chi connectivity index (χ1n) is 7.95. The molecule has 1 saturated carbocycles. The Balaban J connectivity index is 2.17. The lowest BCUT2D eigenvalue weighted by molar-refractivity contribution is -0.0838. The van der Waals surface area contributed by atoms with Crippen LogP contribution in [0.4, 0.5) is 0 Å². The van der Waals surface area contributed by atoms with Gasteiger partial charge in [0, 0.05) is 13.2 Å². The molecule has 0 aromatic heterocycles. The van der Waals surface area contributed by atoms with Gasteiger partial charge in [0.05, 0.1) is 5.60 Å². The molecule has 1 unspecified atom stereocenters. The number of aryl methyl sites for hydroxylation is 2. The molecule has 0 saturated heterocycles. The lowest BCUT2D eigenvalue weighted by Crippen LogP contribution is -2.43. The lowest BCUT2D eigenvalue weighted by Gasteiger charge is -2.43. The summed E-state index contributed by atoms with van der Waals surface area (Å²) in [4.78, 5) is 0. The van der Waals surface area contributed by atoms with Crippen LogP contribution < -0.4 is 5.32 Å². The van der Waals surface area contributed by atoms with Gasteiger partial charge in [0.25, 0.3) is 0 Å². The maximum atomic E-state index is 5.83. The minimum Gasteiger partial charge on any atom is -0.378 e. The van der Waals surface area contributed by atoms with E-state index in [4.69, 9.17) is 4.74 Å². The van der Waals surface area contributed by atoms with Crippen LogP contribution in [0.1, 0.15) is 61.8 Å². The van der Waals surface area contributed by atoms with Crippen LogP contribution in [0.5, 0.6) is 0 Å². The van der Waals surface area contributed by atoms with Gasteiger partial charge in [0.1, 0.15) is 0 Å². The maximum absolute atomic E-state index is 5.83. The second-order valence-corrected chi connectivity index (χ2v) is 6.37. The van der Waals surface area contributed by atoms with Crippen molar-refractivity contribution in [3.8, 4) is 0 Å². The summed E-state index contributed by atoms with van der Waals surface area (Å²) in [5, 5.41) is 3.72. The van der Waals surface area contributed by atoms with E-state index in [1.165, 1.54) is 42.4 Å². The number of nitrogens with one attached hydrogen (secondary N) is 1. The van der Waals surface area contributed by atoms with Gasteiger partial charge < -0.3 is 10.1 Å². The van der Waals surface area contributed by atoms with Gasteiger partial charge in [-0.1, -0.05) is 36.2 Å².